The van der Waals surface area contributed by atoms with E-state index in [2.05, 4.69) is 36.8 Å². The zero-order chi connectivity index (χ0) is 15.7. The largest absolute Gasteiger partial charge is 0.436 e. The number of aromatic nitrogens is 3. The number of imidazole rings is 1. The summed E-state index contributed by atoms with van der Waals surface area (Å²) in [4.78, 5) is 8.74. The van der Waals surface area contributed by atoms with Gasteiger partial charge < -0.3 is 14.9 Å². The van der Waals surface area contributed by atoms with Crippen LogP contribution in [0.15, 0.2) is 42.9 Å². The first-order valence-corrected chi connectivity index (χ1v) is 7.28. The molecule has 2 N–H and O–H groups in total. The number of ether oxygens (including phenoxy) is 1. The highest BCUT2D eigenvalue weighted by Gasteiger charge is 2.15. The predicted octanol–water partition coefficient (Wildman–Crippen LogP) is 3.28. The second-order valence-corrected chi connectivity index (χ2v) is 6.28. The highest BCUT2D eigenvalue weighted by molar-refractivity contribution is 5.51. The van der Waals surface area contributed by atoms with Gasteiger partial charge in [-0.25, -0.2) is 9.97 Å². The SMILES string of the molecule is CC(C)(C)c1cccc(Oc2nc(CN)cn3ccnc23)c1. The molecule has 0 unspecified atom stereocenters. The normalized spacial score (nSPS) is 11.8. The highest BCUT2D eigenvalue weighted by Crippen LogP contribution is 2.29. The highest BCUT2D eigenvalue weighted by atomic mass is 16.5. The van der Waals surface area contributed by atoms with Crippen molar-refractivity contribution >= 4 is 5.65 Å². The minimum Gasteiger partial charge on any atom is -0.436 e. The van der Waals surface area contributed by atoms with Gasteiger partial charge in [0.1, 0.15) is 5.75 Å². The minimum absolute atomic E-state index is 0.0640. The summed E-state index contributed by atoms with van der Waals surface area (Å²) < 4.78 is 7.85. The minimum atomic E-state index is 0.0640. The summed E-state index contributed by atoms with van der Waals surface area (Å²) >= 11 is 0. The van der Waals surface area contributed by atoms with Crippen molar-refractivity contribution in [2.24, 2.45) is 5.73 Å². The summed E-state index contributed by atoms with van der Waals surface area (Å²) in [6, 6.07) is 8.05. The lowest BCUT2D eigenvalue weighted by Crippen LogP contribution is -2.10. The van der Waals surface area contributed by atoms with E-state index in [0.29, 0.717) is 18.1 Å². The first-order chi connectivity index (χ1) is 10.5. The molecule has 2 aromatic heterocycles. The Balaban J connectivity index is 2.01. The molecule has 0 amide bonds. The number of benzene rings is 1. The van der Waals surface area contributed by atoms with Gasteiger partial charge in [0.2, 0.25) is 5.65 Å². The maximum absolute atomic E-state index is 5.98. The molecule has 5 heteroatoms. The van der Waals surface area contributed by atoms with Gasteiger partial charge in [-0.2, -0.15) is 0 Å². The molecule has 0 aliphatic carbocycles. The molecule has 0 atom stereocenters. The molecule has 2 heterocycles. The van der Waals surface area contributed by atoms with E-state index in [1.807, 2.05) is 35.0 Å². The van der Waals surface area contributed by atoms with Gasteiger partial charge in [0, 0.05) is 25.1 Å². The van der Waals surface area contributed by atoms with E-state index in [4.69, 9.17) is 10.5 Å². The van der Waals surface area contributed by atoms with Gasteiger partial charge in [0.25, 0.3) is 5.88 Å². The third kappa shape index (κ3) is 2.80. The van der Waals surface area contributed by atoms with Crippen molar-refractivity contribution in [1.29, 1.82) is 0 Å². The van der Waals surface area contributed by atoms with Crippen LogP contribution >= 0.6 is 0 Å². The van der Waals surface area contributed by atoms with Crippen LogP contribution in [-0.4, -0.2) is 14.4 Å². The Morgan fingerprint density at radius 2 is 2.09 bits per heavy atom. The lowest BCUT2D eigenvalue weighted by atomic mass is 9.87. The van der Waals surface area contributed by atoms with Crippen LogP contribution in [-0.2, 0) is 12.0 Å². The van der Waals surface area contributed by atoms with E-state index >= 15 is 0 Å². The molecule has 0 aliphatic heterocycles. The van der Waals surface area contributed by atoms with E-state index in [9.17, 15) is 0 Å². The molecule has 114 valence electrons. The standard InChI is InChI=1S/C17H20N4O/c1-17(2,3)12-5-4-6-14(9-12)22-16-15-19-7-8-21(15)11-13(10-18)20-16/h4-9,11H,10,18H2,1-3H3. The lowest BCUT2D eigenvalue weighted by Gasteiger charge is -2.19. The van der Waals surface area contributed by atoms with E-state index in [-0.39, 0.29) is 5.41 Å². The van der Waals surface area contributed by atoms with Crippen LogP contribution in [0, 0.1) is 0 Å². The number of fused-ring (bicyclic) bond motifs is 1. The van der Waals surface area contributed by atoms with Gasteiger partial charge in [-0.3, -0.25) is 0 Å². The number of hydrogen-bond acceptors (Lipinski definition) is 4. The third-order valence-electron chi connectivity index (χ3n) is 3.52. The fourth-order valence-corrected chi connectivity index (χ4v) is 2.26. The average molecular weight is 296 g/mol. The van der Waals surface area contributed by atoms with Crippen LogP contribution in [0.3, 0.4) is 0 Å². The maximum atomic E-state index is 5.98. The Labute approximate surface area is 129 Å². The maximum Gasteiger partial charge on any atom is 0.264 e. The summed E-state index contributed by atoms with van der Waals surface area (Å²) in [6.45, 7) is 6.87. The summed E-state index contributed by atoms with van der Waals surface area (Å²) in [6.07, 6.45) is 5.44. The summed E-state index contributed by atoms with van der Waals surface area (Å²) in [5.41, 5.74) is 8.41. The molecule has 0 fully saturated rings. The molecule has 3 aromatic rings. The van der Waals surface area contributed by atoms with Crippen LogP contribution in [0.4, 0.5) is 0 Å². The van der Waals surface area contributed by atoms with Gasteiger partial charge in [-0.15, -0.1) is 0 Å². The Bertz CT molecular complexity index is 802. The van der Waals surface area contributed by atoms with Crippen molar-refractivity contribution in [2.75, 3.05) is 0 Å². The third-order valence-corrected chi connectivity index (χ3v) is 3.52. The fraction of sp³-hybridized carbons (Fsp3) is 0.294. The molecule has 0 bridgehead atoms. The zero-order valence-corrected chi connectivity index (χ0v) is 13.1. The molecule has 0 aliphatic rings. The van der Waals surface area contributed by atoms with Crippen molar-refractivity contribution in [3.63, 3.8) is 0 Å². The quantitative estimate of drug-likeness (QED) is 0.805. The average Bonchev–Trinajstić information content (AvgIpc) is 2.95. The van der Waals surface area contributed by atoms with E-state index in [1.54, 1.807) is 6.20 Å². The predicted molar refractivity (Wildman–Crippen MR) is 86.1 cm³/mol. The van der Waals surface area contributed by atoms with Gasteiger partial charge in [-0.1, -0.05) is 32.9 Å². The monoisotopic (exact) mass is 296 g/mol. The summed E-state index contributed by atoms with van der Waals surface area (Å²) in [7, 11) is 0. The van der Waals surface area contributed by atoms with Crippen molar-refractivity contribution in [1.82, 2.24) is 14.4 Å². The Kier molecular flexibility index (Phi) is 3.58. The molecular formula is C17H20N4O. The number of nitrogens with two attached hydrogens (primary N) is 1. The Hall–Kier alpha value is -2.40. The molecule has 0 radical (unpaired) electrons. The van der Waals surface area contributed by atoms with E-state index in [0.717, 1.165) is 11.4 Å². The molecule has 0 spiro atoms. The van der Waals surface area contributed by atoms with Crippen LogP contribution < -0.4 is 10.5 Å². The van der Waals surface area contributed by atoms with E-state index < -0.39 is 0 Å². The van der Waals surface area contributed by atoms with Crippen molar-refractivity contribution in [2.45, 2.75) is 32.7 Å². The van der Waals surface area contributed by atoms with Crippen molar-refractivity contribution in [3.05, 3.63) is 54.1 Å². The summed E-state index contributed by atoms with van der Waals surface area (Å²) in [5.74, 6) is 1.22. The van der Waals surface area contributed by atoms with Crippen molar-refractivity contribution < 1.29 is 4.74 Å². The molecule has 5 nitrogen and oxygen atoms in total. The van der Waals surface area contributed by atoms with Gasteiger partial charge in [0.05, 0.1) is 5.69 Å². The van der Waals surface area contributed by atoms with Crippen LogP contribution in [0.25, 0.3) is 5.65 Å². The topological polar surface area (TPSA) is 65.4 Å². The molecular weight excluding hydrogens is 276 g/mol. The first kappa shape index (κ1) is 14.5. The second-order valence-electron chi connectivity index (χ2n) is 6.28. The first-order valence-electron chi connectivity index (χ1n) is 7.28. The zero-order valence-electron chi connectivity index (χ0n) is 13.1. The fourth-order valence-electron chi connectivity index (χ4n) is 2.26. The Morgan fingerprint density at radius 1 is 1.27 bits per heavy atom. The number of rotatable bonds is 3. The van der Waals surface area contributed by atoms with E-state index in [1.165, 1.54) is 5.56 Å². The molecule has 22 heavy (non-hydrogen) atoms. The lowest BCUT2D eigenvalue weighted by molar-refractivity contribution is 0.459. The second kappa shape index (κ2) is 5.42. The van der Waals surface area contributed by atoms with Crippen LogP contribution in [0.2, 0.25) is 0 Å². The van der Waals surface area contributed by atoms with Crippen LogP contribution in [0.5, 0.6) is 11.6 Å². The van der Waals surface area contributed by atoms with Crippen LogP contribution in [0.1, 0.15) is 32.0 Å². The number of hydrogen-bond donors (Lipinski definition) is 1. The molecule has 0 saturated heterocycles. The van der Waals surface area contributed by atoms with Gasteiger partial charge in [0.15, 0.2) is 0 Å². The number of nitrogens with zero attached hydrogens (tertiary/aromatic N) is 3. The van der Waals surface area contributed by atoms with Gasteiger partial charge in [-0.05, 0) is 23.1 Å². The summed E-state index contributed by atoms with van der Waals surface area (Å²) in [5, 5.41) is 0. The van der Waals surface area contributed by atoms with Gasteiger partial charge >= 0.3 is 0 Å². The Morgan fingerprint density at radius 3 is 2.82 bits per heavy atom. The van der Waals surface area contributed by atoms with Crippen molar-refractivity contribution in [3.8, 4) is 11.6 Å². The smallest absolute Gasteiger partial charge is 0.264 e. The molecule has 3 rings (SSSR count). The molecule has 0 saturated carbocycles. The molecule has 1 aromatic carbocycles.